The fourth-order valence-corrected chi connectivity index (χ4v) is 3.59. The molecule has 1 N–H and O–H groups in total. The molecule has 0 aromatic carbocycles. The van der Waals surface area contributed by atoms with Crippen LogP contribution in [-0.2, 0) is 4.79 Å². The van der Waals surface area contributed by atoms with Crippen molar-refractivity contribution >= 4 is 5.91 Å². The molecule has 3 nitrogen and oxygen atoms in total. The predicted octanol–water partition coefficient (Wildman–Crippen LogP) is 2.95. The lowest BCUT2D eigenvalue weighted by Crippen LogP contribution is -2.48. The predicted molar refractivity (Wildman–Crippen MR) is 79.1 cm³/mol. The van der Waals surface area contributed by atoms with E-state index in [0.717, 1.165) is 51.7 Å². The van der Waals surface area contributed by atoms with E-state index in [2.05, 4.69) is 17.1 Å². The van der Waals surface area contributed by atoms with E-state index in [4.69, 9.17) is 0 Å². The fourth-order valence-electron chi connectivity index (χ4n) is 3.59. The van der Waals surface area contributed by atoms with Crippen LogP contribution >= 0.6 is 0 Å². The first-order valence-corrected chi connectivity index (χ1v) is 8.34. The van der Waals surface area contributed by atoms with E-state index in [-0.39, 0.29) is 0 Å². The van der Waals surface area contributed by atoms with Crippen molar-refractivity contribution in [2.24, 2.45) is 5.92 Å². The highest BCUT2D eigenvalue weighted by molar-refractivity contribution is 5.79. The topological polar surface area (TPSA) is 32.3 Å². The van der Waals surface area contributed by atoms with E-state index in [0.29, 0.717) is 17.9 Å². The van der Waals surface area contributed by atoms with Gasteiger partial charge < -0.3 is 10.2 Å². The standard InChI is InChI=1S/C16H30N2O/c1-2-13-18(15-9-11-17-12-10-15)16(19)14-7-5-3-4-6-8-14/h14-15,17H,2-13H2,1H3. The Morgan fingerprint density at radius 3 is 2.26 bits per heavy atom. The second-order valence-electron chi connectivity index (χ2n) is 6.20. The average Bonchev–Trinajstić information content (AvgIpc) is 2.74. The number of nitrogens with one attached hydrogen (secondary N) is 1. The number of carbonyl (C=O) groups excluding carboxylic acids is 1. The third-order valence-corrected chi connectivity index (χ3v) is 4.70. The Morgan fingerprint density at radius 1 is 1.05 bits per heavy atom. The first-order chi connectivity index (χ1) is 9.33. The molecule has 0 atom stereocenters. The fraction of sp³-hybridized carbons (Fsp3) is 0.938. The maximum Gasteiger partial charge on any atom is 0.225 e. The summed E-state index contributed by atoms with van der Waals surface area (Å²) in [5.74, 6) is 0.791. The summed E-state index contributed by atoms with van der Waals surface area (Å²) in [4.78, 5) is 15.1. The van der Waals surface area contributed by atoms with E-state index in [1.54, 1.807) is 0 Å². The molecule has 1 aliphatic heterocycles. The van der Waals surface area contributed by atoms with Crippen molar-refractivity contribution in [3.8, 4) is 0 Å². The number of carbonyl (C=O) groups is 1. The molecular weight excluding hydrogens is 236 g/mol. The van der Waals surface area contributed by atoms with Gasteiger partial charge in [0, 0.05) is 18.5 Å². The Labute approximate surface area is 118 Å². The molecule has 0 bridgehead atoms. The van der Waals surface area contributed by atoms with Crippen molar-refractivity contribution in [1.82, 2.24) is 10.2 Å². The lowest BCUT2D eigenvalue weighted by atomic mass is 9.96. The van der Waals surface area contributed by atoms with E-state index < -0.39 is 0 Å². The molecule has 1 saturated heterocycles. The van der Waals surface area contributed by atoms with E-state index in [9.17, 15) is 4.79 Å². The Kier molecular flexibility index (Phi) is 6.15. The van der Waals surface area contributed by atoms with Gasteiger partial charge in [0.1, 0.15) is 0 Å². The summed E-state index contributed by atoms with van der Waals surface area (Å²) in [6, 6.07) is 0.497. The van der Waals surface area contributed by atoms with Gasteiger partial charge in [-0.1, -0.05) is 32.6 Å². The zero-order valence-electron chi connectivity index (χ0n) is 12.5. The maximum atomic E-state index is 12.8. The molecule has 0 aromatic rings. The Balaban J connectivity index is 1.97. The zero-order valence-corrected chi connectivity index (χ0v) is 12.5. The van der Waals surface area contributed by atoms with Gasteiger partial charge in [-0.2, -0.15) is 0 Å². The summed E-state index contributed by atoms with van der Waals surface area (Å²) in [6.07, 6.45) is 10.8. The zero-order chi connectivity index (χ0) is 13.5. The van der Waals surface area contributed by atoms with E-state index >= 15 is 0 Å². The number of piperidine rings is 1. The lowest BCUT2D eigenvalue weighted by Gasteiger charge is -2.36. The van der Waals surface area contributed by atoms with Gasteiger partial charge in [0.05, 0.1) is 0 Å². The molecule has 19 heavy (non-hydrogen) atoms. The number of rotatable bonds is 4. The number of hydrogen-bond acceptors (Lipinski definition) is 2. The maximum absolute atomic E-state index is 12.8. The van der Waals surface area contributed by atoms with Crippen LogP contribution in [0.4, 0.5) is 0 Å². The third kappa shape index (κ3) is 4.20. The number of hydrogen-bond donors (Lipinski definition) is 1. The minimum Gasteiger partial charge on any atom is -0.339 e. The Bertz CT molecular complexity index is 266. The van der Waals surface area contributed by atoms with Crippen molar-refractivity contribution in [3.05, 3.63) is 0 Å². The minimum absolute atomic E-state index is 0.323. The summed E-state index contributed by atoms with van der Waals surface area (Å²) in [5.41, 5.74) is 0. The molecule has 1 aliphatic carbocycles. The van der Waals surface area contributed by atoms with Gasteiger partial charge in [-0.25, -0.2) is 0 Å². The molecule has 1 heterocycles. The van der Waals surface area contributed by atoms with Gasteiger partial charge in [0.2, 0.25) is 5.91 Å². The van der Waals surface area contributed by atoms with Crippen LogP contribution in [0.25, 0.3) is 0 Å². The van der Waals surface area contributed by atoms with E-state index in [1.165, 1.54) is 25.7 Å². The summed E-state index contributed by atoms with van der Waals surface area (Å²) >= 11 is 0. The van der Waals surface area contributed by atoms with Gasteiger partial charge >= 0.3 is 0 Å². The summed E-state index contributed by atoms with van der Waals surface area (Å²) in [5, 5.41) is 3.40. The van der Waals surface area contributed by atoms with Crippen LogP contribution in [0.5, 0.6) is 0 Å². The second kappa shape index (κ2) is 7.88. The third-order valence-electron chi connectivity index (χ3n) is 4.70. The van der Waals surface area contributed by atoms with Crippen LogP contribution in [0.1, 0.15) is 64.7 Å². The van der Waals surface area contributed by atoms with Crippen molar-refractivity contribution in [3.63, 3.8) is 0 Å². The van der Waals surface area contributed by atoms with Crippen molar-refractivity contribution in [2.75, 3.05) is 19.6 Å². The van der Waals surface area contributed by atoms with Crippen molar-refractivity contribution in [1.29, 1.82) is 0 Å². The smallest absolute Gasteiger partial charge is 0.225 e. The first kappa shape index (κ1) is 14.8. The molecule has 2 rings (SSSR count). The Morgan fingerprint density at radius 2 is 1.68 bits per heavy atom. The van der Waals surface area contributed by atoms with Crippen molar-refractivity contribution in [2.45, 2.75) is 70.8 Å². The molecule has 2 fully saturated rings. The second-order valence-corrected chi connectivity index (χ2v) is 6.20. The number of nitrogens with zero attached hydrogens (tertiary/aromatic N) is 1. The highest BCUT2D eigenvalue weighted by Gasteiger charge is 2.30. The van der Waals surface area contributed by atoms with E-state index in [1.807, 2.05) is 0 Å². The van der Waals surface area contributed by atoms with Crippen LogP contribution in [0, 0.1) is 5.92 Å². The van der Waals surface area contributed by atoms with Gasteiger partial charge in [0.25, 0.3) is 0 Å². The van der Waals surface area contributed by atoms with Crippen LogP contribution in [0.3, 0.4) is 0 Å². The SMILES string of the molecule is CCCN(C(=O)C1CCCCCC1)C1CCNCC1. The normalized spacial score (nSPS) is 23.0. The van der Waals surface area contributed by atoms with Crippen LogP contribution < -0.4 is 5.32 Å². The minimum atomic E-state index is 0.323. The molecular formula is C16H30N2O. The molecule has 0 spiro atoms. The van der Waals surface area contributed by atoms with Gasteiger partial charge in [-0.15, -0.1) is 0 Å². The van der Waals surface area contributed by atoms with Crippen molar-refractivity contribution < 1.29 is 4.79 Å². The van der Waals surface area contributed by atoms with Crippen LogP contribution in [0.2, 0.25) is 0 Å². The molecule has 1 amide bonds. The molecule has 2 aliphatic rings. The van der Waals surface area contributed by atoms with Gasteiger partial charge in [0.15, 0.2) is 0 Å². The largest absolute Gasteiger partial charge is 0.339 e. The summed E-state index contributed by atoms with van der Waals surface area (Å²) in [7, 11) is 0. The average molecular weight is 266 g/mol. The van der Waals surface area contributed by atoms with Crippen LogP contribution in [0.15, 0.2) is 0 Å². The monoisotopic (exact) mass is 266 g/mol. The lowest BCUT2D eigenvalue weighted by molar-refractivity contribution is -0.139. The first-order valence-electron chi connectivity index (χ1n) is 8.34. The molecule has 0 unspecified atom stereocenters. The van der Waals surface area contributed by atoms with Gasteiger partial charge in [-0.05, 0) is 45.2 Å². The summed E-state index contributed by atoms with van der Waals surface area (Å²) in [6.45, 7) is 5.29. The molecule has 110 valence electrons. The molecule has 0 radical (unpaired) electrons. The molecule has 0 aromatic heterocycles. The van der Waals surface area contributed by atoms with Crippen LogP contribution in [-0.4, -0.2) is 36.5 Å². The highest BCUT2D eigenvalue weighted by atomic mass is 16.2. The quantitative estimate of drug-likeness (QED) is 0.794. The van der Waals surface area contributed by atoms with Gasteiger partial charge in [-0.3, -0.25) is 4.79 Å². The number of amides is 1. The highest BCUT2D eigenvalue weighted by Crippen LogP contribution is 2.26. The Hall–Kier alpha value is -0.570. The molecule has 3 heteroatoms. The molecule has 1 saturated carbocycles. The summed E-state index contributed by atoms with van der Waals surface area (Å²) < 4.78 is 0.